The molecule has 2 nitrogen and oxygen atoms in total. The largest absolute Gasteiger partial charge is 0.303 e. The number of aryl methyl sites for hydroxylation is 1. The maximum atomic E-state index is 4.65. The van der Waals surface area contributed by atoms with Gasteiger partial charge in [-0.05, 0) is 68.8 Å². The fourth-order valence-corrected chi connectivity index (χ4v) is 4.40. The molecular formula is C19H28N2S. The molecule has 22 heavy (non-hydrogen) atoms. The summed E-state index contributed by atoms with van der Waals surface area (Å²) in [5.74, 6) is 0.999. The van der Waals surface area contributed by atoms with Crippen LogP contribution in [0.4, 0.5) is 0 Å². The normalized spacial score (nSPS) is 17.3. The van der Waals surface area contributed by atoms with Crippen molar-refractivity contribution in [2.45, 2.75) is 51.9 Å². The lowest BCUT2D eigenvalue weighted by molar-refractivity contribution is 0.176. The highest BCUT2D eigenvalue weighted by Gasteiger charge is 2.18. The van der Waals surface area contributed by atoms with Crippen molar-refractivity contribution in [1.82, 2.24) is 9.27 Å². The molecule has 0 amide bonds. The van der Waals surface area contributed by atoms with Crippen LogP contribution in [0.1, 0.15) is 51.1 Å². The monoisotopic (exact) mass is 316 g/mol. The molecular weight excluding hydrogens is 288 g/mol. The molecule has 3 rings (SSSR count). The number of aromatic nitrogens is 1. The highest BCUT2D eigenvalue weighted by atomic mass is 32.1. The van der Waals surface area contributed by atoms with Crippen LogP contribution in [0.25, 0.3) is 10.1 Å². The van der Waals surface area contributed by atoms with Crippen LogP contribution >= 0.6 is 11.5 Å². The molecule has 1 saturated heterocycles. The zero-order valence-electron chi connectivity index (χ0n) is 13.8. The van der Waals surface area contributed by atoms with Gasteiger partial charge in [0, 0.05) is 5.39 Å². The van der Waals surface area contributed by atoms with Gasteiger partial charge in [-0.3, -0.25) is 0 Å². The lowest BCUT2D eigenvalue weighted by atomic mass is 9.91. The SMILES string of the molecule is CCCCC1CCN(CCCc2nsc3ccccc23)CC1. The Morgan fingerprint density at radius 1 is 1.18 bits per heavy atom. The van der Waals surface area contributed by atoms with E-state index in [-0.39, 0.29) is 0 Å². The smallest absolute Gasteiger partial charge is 0.0621 e. The van der Waals surface area contributed by atoms with E-state index in [1.54, 1.807) is 11.5 Å². The van der Waals surface area contributed by atoms with Crippen LogP contribution in [0, 0.1) is 5.92 Å². The summed E-state index contributed by atoms with van der Waals surface area (Å²) < 4.78 is 5.97. The predicted octanol–water partition coefficient (Wildman–Crippen LogP) is 5.13. The summed E-state index contributed by atoms with van der Waals surface area (Å²) >= 11 is 1.64. The van der Waals surface area contributed by atoms with Crippen molar-refractivity contribution in [3.63, 3.8) is 0 Å². The van der Waals surface area contributed by atoms with E-state index in [2.05, 4.69) is 40.5 Å². The number of unbranched alkanes of at least 4 members (excludes halogenated alkanes) is 1. The first-order valence-corrected chi connectivity index (χ1v) is 9.70. The minimum Gasteiger partial charge on any atom is -0.303 e. The van der Waals surface area contributed by atoms with Crippen molar-refractivity contribution in [1.29, 1.82) is 0 Å². The maximum Gasteiger partial charge on any atom is 0.0621 e. The zero-order valence-corrected chi connectivity index (χ0v) is 14.6. The molecule has 0 atom stereocenters. The van der Waals surface area contributed by atoms with E-state index in [4.69, 9.17) is 0 Å². The van der Waals surface area contributed by atoms with Gasteiger partial charge in [-0.25, -0.2) is 0 Å². The number of nitrogens with zero attached hydrogens (tertiary/aromatic N) is 2. The quantitative estimate of drug-likeness (QED) is 0.704. The van der Waals surface area contributed by atoms with Gasteiger partial charge in [0.25, 0.3) is 0 Å². The van der Waals surface area contributed by atoms with E-state index in [1.165, 1.54) is 73.9 Å². The standard InChI is InChI=1S/C19H28N2S/c1-2-3-7-16-11-14-21(15-12-16)13-6-9-18-17-8-4-5-10-19(17)22-20-18/h4-5,8,10,16H,2-3,6-7,9,11-15H2,1H3. The zero-order chi connectivity index (χ0) is 15.2. The van der Waals surface area contributed by atoms with Crippen molar-refractivity contribution in [3.05, 3.63) is 30.0 Å². The van der Waals surface area contributed by atoms with Crippen LogP contribution < -0.4 is 0 Å². The van der Waals surface area contributed by atoms with Crippen molar-refractivity contribution in [2.75, 3.05) is 19.6 Å². The minimum atomic E-state index is 0.999. The van der Waals surface area contributed by atoms with Crippen LogP contribution in [-0.4, -0.2) is 28.9 Å². The molecule has 1 aliphatic heterocycles. The van der Waals surface area contributed by atoms with E-state index in [1.807, 2.05) is 0 Å². The maximum absolute atomic E-state index is 4.65. The summed E-state index contributed by atoms with van der Waals surface area (Å²) in [4.78, 5) is 2.66. The molecule has 3 heteroatoms. The lowest BCUT2D eigenvalue weighted by Crippen LogP contribution is -2.34. The fraction of sp³-hybridized carbons (Fsp3) is 0.632. The predicted molar refractivity (Wildman–Crippen MR) is 96.6 cm³/mol. The summed E-state index contributed by atoms with van der Waals surface area (Å²) in [7, 11) is 0. The Balaban J connectivity index is 1.41. The van der Waals surface area contributed by atoms with E-state index < -0.39 is 0 Å². The van der Waals surface area contributed by atoms with Crippen LogP contribution in [0.3, 0.4) is 0 Å². The van der Waals surface area contributed by atoms with Gasteiger partial charge in [-0.2, -0.15) is 4.37 Å². The van der Waals surface area contributed by atoms with E-state index in [0.717, 1.165) is 12.3 Å². The van der Waals surface area contributed by atoms with Crippen molar-refractivity contribution in [2.24, 2.45) is 5.92 Å². The molecule has 1 aromatic heterocycles. The Labute approximate surface area is 138 Å². The second kappa shape index (κ2) is 8.07. The summed E-state index contributed by atoms with van der Waals surface area (Å²) in [5.41, 5.74) is 1.30. The average Bonchev–Trinajstić information content (AvgIpc) is 2.98. The molecule has 1 aliphatic rings. The second-order valence-electron chi connectivity index (χ2n) is 6.66. The Hall–Kier alpha value is -0.930. The van der Waals surface area contributed by atoms with Gasteiger partial charge in [0.15, 0.2) is 0 Å². The summed E-state index contributed by atoms with van der Waals surface area (Å²) in [6.07, 6.45) is 9.42. The number of hydrogen-bond donors (Lipinski definition) is 0. The molecule has 120 valence electrons. The molecule has 0 bridgehead atoms. The van der Waals surface area contributed by atoms with E-state index >= 15 is 0 Å². The molecule has 1 fully saturated rings. The van der Waals surface area contributed by atoms with Crippen LogP contribution in [0.5, 0.6) is 0 Å². The van der Waals surface area contributed by atoms with Crippen molar-refractivity contribution in [3.8, 4) is 0 Å². The molecule has 0 saturated carbocycles. The third kappa shape index (κ3) is 4.08. The molecule has 2 heterocycles. The first-order chi connectivity index (χ1) is 10.9. The van der Waals surface area contributed by atoms with Gasteiger partial charge in [0.1, 0.15) is 0 Å². The Kier molecular flexibility index (Phi) is 5.85. The van der Waals surface area contributed by atoms with Crippen LogP contribution in [-0.2, 0) is 6.42 Å². The molecule has 0 unspecified atom stereocenters. The topological polar surface area (TPSA) is 16.1 Å². The Morgan fingerprint density at radius 3 is 2.82 bits per heavy atom. The van der Waals surface area contributed by atoms with E-state index in [0.29, 0.717) is 0 Å². The van der Waals surface area contributed by atoms with Gasteiger partial charge >= 0.3 is 0 Å². The molecule has 0 radical (unpaired) electrons. The second-order valence-corrected chi connectivity index (χ2v) is 7.46. The number of likely N-dealkylation sites (tertiary alicyclic amines) is 1. The number of fused-ring (bicyclic) bond motifs is 1. The molecule has 0 spiro atoms. The van der Waals surface area contributed by atoms with Gasteiger partial charge in [-0.15, -0.1) is 0 Å². The number of rotatable bonds is 7. The van der Waals surface area contributed by atoms with Crippen molar-refractivity contribution >= 4 is 21.6 Å². The third-order valence-electron chi connectivity index (χ3n) is 5.01. The first-order valence-electron chi connectivity index (χ1n) is 8.92. The van der Waals surface area contributed by atoms with Crippen molar-refractivity contribution < 1.29 is 0 Å². The Morgan fingerprint density at radius 2 is 2.00 bits per heavy atom. The summed E-state index contributed by atoms with van der Waals surface area (Å²) in [6, 6.07) is 8.62. The molecule has 0 N–H and O–H groups in total. The number of hydrogen-bond acceptors (Lipinski definition) is 3. The minimum absolute atomic E-state index is 0.999. The average molecular weight is 317 g/mol. The highest BCUT2D eigenvalue weighted by Crippen LogP contribution is 2.25. The van der Waals surface area contributed by atoms with E-state index in [9.17, 15) is 0 Å². The van der Waals surface area contributed by atoms with Crippen LogP contribution in [0.2, 0.25) is 0 Å². The van der Waals surface area contributed by atoms with Crippen LogP contribution in [0.15, 0.2) is 24.3 Å². The third-order valence-corrected chi connectivity index (χ3v) is 5.88. The summed E-state index contributed by atoms with van der Waals surface area (Å²) in [5, 5.41) is 1.37. The molecule has 1 aromatic carbocycles. The fourth-order valence-electron chi connectivity index (χ4n) is 3.58. The van der Waals surface area contributed by atoms with Gasteiger partial charge in [-0.1, -0.05) is 44.4 Å². The number of benzene rings is 1. The lowest BCUT2D eigenvalue weighted by Gasteiger charge is -2.31. The Bertz CT molecular complexity index is 570. The number of piperidine rings is 1. The molecule has 2 aromatic rings. The molecule has 0 aliphatic carbocycles. The van der Waals surface area contributed by atoms with Gasteiger partial charge in [0.05, 0.1) is 10.4 Å². The van der Waals surface area contributed by atoms with Gasteiger partial charge < -0.3 is 4.90 Å². The highest BCUT2D eigenvalue weighted by molar-refractivity contribution is 7.13. The summed E-state index contributed by atoms with van der Waals surface area (Å²) in [6.45, 7) is 6.17. The van der Waals surface area contributed by atoms with Gasteiger partial charge in [0.2, 0.25) is 0 Å². The first kappa shape index (κ1) is 15.9.